The molecule has 1 saturated heterocycles. The van der Waals surface area contributed by atoms with Crippen LogP contribution in [-0.2, 0) is 0 Å². The molecule has 2 aliphatic carbocycles. The van der Waals surface area contributed by atoms with Crippen molar-refractivity contribution in [3.63, 3.8) is 0 Å². The molecular formula is C16H30N2. The topological polar surface area (TPSA) is 29.3 Å². The molecule has 1 heterocycles. The largest absolute Gasteiger partial charge is 0.330 e. The Morgan fingerprint density at radius 2 is 1.78 bits per heavy atom. The predicted octanol–water partition coefficient (Wildman–Crippen LogP) is 3.16. The van der Waals surface area contributed by atoms with Crippen LogP contribution >= 0.6 is 0 Å². The highest BCUT2D eigenvalue weighted by molar-refractivity contribution is 4.95. The van der Waals surface area contributed by atoms with E-state index in [4.69, 9.17) is 5.73 Å². The van der Waals surface area contributed by atoms with Gasteiger partial charge in [0.15, 0.2) is 0 Å². The molecule has 3 aliphatic rings. The van der Waals surface area contributed by atoms with Crippen molar-refractivity contribution >= 4 is 0 Å². The standard InChI is InChI=1S/C16H30N2/c1-13-10-14(11-17)12-18(13)15-4-8-16(9-5-15)6-2-3-7-16/h13-15H,2-12,17H2,1H3. The molecule has 3 rings (SSSR count). The summed E-state index contributed by atoms with van der Waals surface area (Å²) in [5, 5.41) is 0. The number of nitrogens with two attached hydrogens (primary N) is 1. The summed E-state index contributed by atoms with van der Waals surface area (Å²) in [4.78, 5) is 2.79. The molecule has 2 nitrogen and oxygen atoms in total. The van der Waals surface area contributed by atoms with Gasteiger partial charge < -0.3 is 5.73 Å². The average Bonchev–Trinajstić information content (AvgIpc) is 2.98. The van der Waals surface area contributed by atoms with Gasteiger partial charge in [0.05, 0.1) is 0 Å². The second-order valence-electron chi connectivity index (χ2n) is 7.32. The minimum Gasteiger partial charge on any atom is -0.330 e. The maximum absolute atomic E-state index is 5.86. The average molecular weight is 250 g/mol. The maximum Gasteiger partial charge on any atom is 0.00986 e. The Morgan fingerprint density at radius 1 is 1.11 bits per heavy atom. The zero-order valence-electron chi connectivity index (χ0n) is 12.0. The van der Waals surface area contributed by atoms with Gasteiger partial charge in [0.2, 0.25) is 0 Å². The first kappa shape index (κ1) is 12.9. The molecule has 2 N–H and O–H groups in total. The van der Waals surface area contributed by atoms with E-state index in [0.717, 1.165) is 30.0 Å². The molecule has 0 aromatic rings. The van der Waals surface area contributed by atoms with Crippen LogP contribution in [0.2, 0.25) is 0 Å². The summed E-state index contributed by atoms with van der Waals surface area (Å²) >= 11 is 0. The van der Waals surface area contributed by atoms with Crippen LogP contribution in [0.15, 0.2) is 0 Å². The number of hydrogen-bond donors (Lipinski definition) is 1. The van der Waals surface area contributed by atoms with Gasteiger partial charge >= 0.3 is 0 Å². The maximum atomic E-state index is 5.86. The van der Waals surface area contributed by atoms with Crippen LogP contribution < -0.4 is 5.73 Å². The predicted molar refractivity (Wildman–Crippen MR) is 76.5 cm³/mol. The highest BCUT2D eigenvalue weighted by Crippen LogP contribution is 2.50. The van der Waals surface area contributed by atoms with Gasteiger partial charge in [0, 0.05) is 18.6 Å². The van der Waals surface area contributed by atoms with Gasteiger partial charge in [-0.1, -0.05) is 12.8 Å². The Hall–Kier alpha value is -0.0800. The third-order valence-corrected chi connectivity index (χ3v) is 6.19. The minimum atomic E-state index is 0.766. The van der Waals surface area contributed by atoms with Crippen LogP contribution in [-0.4, -0.2) is 30.1 Å². The van der Waals surface area contributed by atoms with Crippen molar-refractivity contribution in [1.82, 2.24) is 4.90 Å². The van der Waals surface area contributed by atoms with Gasteiger partial charge in [-0.05, 0) is 69.7 Å². The van der Waals surface area contributed by atoms with Gasteiger partial charge in [0.1, 0.15) is 0 Å². The highest BCUT2D eigenvalue weighted by atomic mass is 15.2. The van der Waals surface area contributed by atoms with Crippen molar-refractivity contribution in [3.05, 3.63) is 0 Å². The molecule has 0 aromatic carbocycles. The molecule has 2 atom stereocenters. The van der Waals surface area contributed by atoms with E-state index in [2.05, 4.69) is 11.8 Å². The Kier molecular flexibility index (Phi) is 3.68. The van der Waals surface area contributed by atoms with Crippen LogP contribution in [0.5, 0.6) is 0 Å². The van der Waals surface area contributed by atoms with Crippen LogP contribution in [0, 0.1) is 11.3 Å². The lowest BCUT2D eigenvalue weighted by Gasteiger charge is -2.42. The summed E-state index contributed by atoms with van der Waals surface area (Å²) in [5.41, 5.74) is 6.64. The zero-order valence-corrected chi connectivity index (χ0v) is 12.0. The fraction of sp³-hybridized carbons (Fsp3) is 1.00. The third kappa shape index (κ3) is 2.34. The molecule has 18 heavy (non-hydrogen) atoms. The summed E-state index contributed by atoms with van der Waals surface area (Å²) in [7, 11) is 0. The minimum absolute atomic E-state index is 0.766. The first-order valence-corrected chi connectivity index (χ1v) is 8.18. The van der Waals surface area contributed by atoms with Crippen LogP contribution in [0.25, 0.3) is 0 Å². The molecule has 2 saturated carbocycles. The van der Waals surface area contributed by atoms with E-state index in [1.807, 2.05) is 0 Å². The van der Waals surface area contributed by atoms with Crippen molar-refractivity contribution in [3.8, 4) is 0 Å². The number of likely N-dealkylation sites (tertiary alicyclic amines) is 1. The van der Waals surface area contributed by atoms with E-state index < -0.39 is 0 Å². The van der Waals surface area contributed by atoms with Crippen molar-refractivity contribution in [2.75, 3.05) is 13.1 Å². The lowest BCUT2D eigenvalue weighted by Crippen LogP contribution is -2.42. The quantitative estimate of drug-likeness (QED) is 0.815. The summed E-state index contributed by atoms with van der Waals surface area (Å²) in [6.45, 7) is 4.57. The van der Waals surface area contributed by atoms with Crippen molar-refractivity contribution in [1.29, 1.82) is 0 Å². The normalized spacial score (nSPS) is 37.7. The summed E-state index contributed by atoms with van der Waals surface area (Å²) in [6.07, 6.45) is 13.3. The molecular weight excluding hydrogens is 220 g/mol. The fourth-order valence-corrected chi connectivity index (χ4v) is 5.02. The van der Waals surface area contributed by atoms with Crippen molar-refractivity contribution < 1.29 is 0 Å². The first-order valence-electron chi connectivity index (χ1n) is 8.18. The Balaban J connectivity index is 1.56. The lowest BCUT2D eigenvalue weighted by atomic mass is 9.71. The van der Waals surface area contributed by atoms with Crippen molar-refractivity contribution in [2.45, 2.75) is 76.8 Å². The molecule has 2 heteroatoms. The Bertz CT molecular complexity index is 273. The SMILES string of the molecule is CC1CC(CN)CN1C1CCC2(CCCC2)CC1. The van der Waals surface area contributed by atoms with Gasteiger partial charge in [-0.25, -0.2) is 0 Å². The van der Waals surface area contributed by atoms with E-state index in [1.54, 1.807) is 0 Å². The number of rotatable bonds is 2. The summed E-state index contributed by atoms with van der Waals surface area (Å²) in [6, 6.07) is 1.66. The molecule has 2 unspecified atom stereocenters. The fourth-order valence-electron chi connectivity index (χ4n) is 5.02. The first-order chi connectivity index (χ1) is 8.72. The zero-order chi connectivity index (χ0) is 12.6. The second-order valence-corrected chi connectivity index (χ2v) is 7.32. The summed E-state index contributed by atoms with van der Waals surface area (Å²) in [5.74, 6) is 0.766. The molecule has 0 bridgehead atoms. The number of nitrogens with zero attached hydrogens (tertiary/aromatic N) is 1. The van der Waals surface area contributed by atoms with E-state index in [-0.39, 0.29) is 0 Å². The smallest absolute Gasteiger partial charge is 0.00986 e. The number of hydrogen-bond acceptors (Lipinski definition) is 2. The van der Waals surface area contributed by atoms with Gasteiger partial charge in [-0.15, -0.1) is 0 Å². The van der Waals surface area contributed by atoms with E-state index in [1.165, 1.54) is 64.3 Å². The molecule has 1 aliphatic heterocycles. The monoisotopic (exact) mass is 250 g/mol. The van der Waals surface area contributed by atoms with E-state index >= 15 is 0 Å². The highest BCUT2D eigenvalue weighted by Gasteiger charge is 2.41. The molecule has 1 spiro atoms. The van der Waals surface area contributed by atoms with Crippen LogP contribution in [0.1, 0.15) is 64.7 Å². The van der Waals surface area contributed by atoms with E-state index in [9.17, 15) is 0 Å². The molecule has 0 amide bonds. The van der Waals surface area contributed by atoms with Gasteiger partial charge in [0.25, 0.3) is 0 Å². The third-order valence-electron chi connectivity index (χ3n) is 6.19. The molecule has 104 valence electrons. The van der Waals surface area contributed by atoms with Crippen LogP contribution in [0.3, 0.4) is 0 Å². The van der Waals surface area contributed by atoms with Gasteiger partial charge in [-0.2, -0.15) is 0 Å². The summed E-state index contributed by atoms with van der Waals surface area (Å²) < 4.78 is 0. The Morgan fingerprint density at radius 3 is 2.33 bits per heavy atom. The van der Waals surface area contributed by atoms with Gasteiger partial charge in [-0.3, -0.25) is 4.90 Å². The lowest BCUT2D eigenvalue weighted by molar-refractivity contribution is 0.0855. The molecule has 3 fully saturated rings. The van der Waals surface area contributed by atoms with Crippen molar-refractivity contribution in [2.24, 2.45) is 17.1 Å². The second kappa shape index (κ2) is 5.13. The Labute approximate surface area is 112 Å². The van der Waals surface area contributed by atoms with E-state index in [0.29, 0.717) is 0 Å². The van der Waals surface area contributed by atoms with Crippen LogP contribution in [0.4, 0.5) is 0 Å². The molecule has 0 aromatic heterocycles. The molecule has 0 radical (unpaired) electrons.